The zero-order valence-electron chi connectivity index (χ0n) is 46.8. The summed E-state index contributed by atoms with van der Waals surface area (Å²) in [6, 6.07) is -0.907. The van der Waals surface area contributed by atoms with Gasteiger partial charge in [0.05, 0.1) is 32.0 Å². The van der Waals surface area contributed by atoms with Crippen LogP contribution in [0.3, 0.4) is 0 Å². The van der Waals surface area contributed by atoms with E-state index in [1.165, 1.54) is 186 Å². The normalized spacial score (nSPS) is 25.3. The molecule has 2 saturated heterocycles. The molecule has 2 aliphatic heterocycles. The standard InChI is InChI=1S/C60H113NO13/c1-3-5-7-9-10-11-12-13-14-15-16-17-18-19-20-21-22-23-24-25-26-27-28-29-30-31-32-33-34-35-36-37-38-40-42-44-52(65)61-48(49(64)43-41-39-8-6-4-2)47-71-59-57(70)55(68)58(51(46-63)73-59)74-60-56(69)54(67)53(66)50(45-62)72-60/h15-16,41,43,48-51,53-60,62-64,66-70H,3-14,17-40,42,44-47H2,1-2H3,(H,61,65)/b16-15-,43-41+. The lowest BCUT2D eigenvalue weighted by Gasteiger charge is -2.46. The lowest BCUT2D eigenvalue weighted by Crippen LogP contribution is -2.65. The van der Waals surface area contributed by atoms with Crippen molar-refractivity contribution in [3.63, 3.8) is 0 Å². The summed E-state index contributed by atoms with van der Waals surface area (Å²) in [5, 5.41) is 86.4. The van der Waals surface area contributed by atoms with Crippen molar-refractivity contribution in [1.29, 1.82) is 0 Å². The molecular formula is C60H113NO13. The molecule has 74 heavy (non-hydrogen) atoms. The molecule has 0 saturated carbocycles. The number of nitrogens with one attached hydrogen (secondary N) is 1. The number of rotatable bonds is 49. The maximum absolute atomic E-state index is 13.1. The topological polar surface area (TPSA) is 228 Å². The number of amides is 1. The maximum atomic E-state index is 13.1. The van der Waals surface area contributed by atoms with Crippen molar-refractivity contribution < 1.29 is 64.6 Å². The number of aliphatic hydroxyl groups is 8. The van der Waals surface area contributed by atoms with E-state index in [0.29, 0.717) is 6.42 Å². The van der Waals surface area contributed by atoms with Crippen LogP contribution in [-0.4, -0.2) is 140 Å². The largest absolute Gasteiger partial charge is 0.394 e. The molecule has 2 fully saturated rings. The fraction of sp³-hybridized carbons (Fsp3) is 0.917. The summed E-state index contributed by atoms with van der Waals surface area (Å²) >= 11 is 0. The van der Waals surface area contributed by atoms with Crippen LogP contribution >= 0.6 is 0 Å². The number of aliphatic hydroxyl groups excluding tert-OH is 8. The summed E-state index contributed by atoms with van der Waals surface area (Å²) in [6.07, 6.45) is 39.1. The Bertz CT molecular complexity index is 1340. The summed E-state index contributed by atoms with van der Waals surface area (Å²) in [4.78, 5) is 13.1. The minimum atomic E-state index is -1.78. The van der Waals surface area contributed by atoms with Crippen LogP contribution in [0.2, 0.25) is 0 Å². The van der Waals surface area contributed by atoms with Crippen molar-refractivity contribution in [2.45, 2.75) is 331 Å². The number of carbonyl (C=O) groups is 1. The molecule has 0 spiro atoms. The molecule has 9 N–H and O–H groups in total. The third-order valence-electron chi connectivity index (χ3n) is 15.1. The molecule has 0 radical (unpaired) electrons. The second kappa shape index (κ2) is 46.4. The van der Waals surface area contributed by atoms with Gasteiger partial charge in [-0.3, -0.25) is 4.79 Å². The highest BCUT2D eigenvalue weighted by atomic mass is 16.7. The van der Waals surface area contributed by atoms with Crippen molar-refractivity contribution in [1.82, 2.24) is 5.32 Å². The van der Waals surface area contributed by atoms with Gasteiger partial charge in [-0.1, -0.05) is 231 Å². The molecule has 14 heteroatoms. The van der Waals surface area contributed by atoms with Crippen molar-refractivity contribution in [3.8, 4) is 0 Å². The average Bonchev–Trinajstić information content (AvgIpc) is 3.40. The van der Waals surface area contributed by atoms with E-state index in [9.17, 15) is 45.6 Å². The van der Waals surface area contributed by atoms with Gasteiger partial charge in [0.2, 0.25) is 5.91 Å². The second-order valence-corrected chi connectivity index (χ2v) is 21.8. The van der Waals surface area contributed by atoms with E-state index in [-0.39, 0.29) is 18.9 Å². The fourth-order valence-electron chi connectivity index (χ4n) is 10.2. The minimum absolute atomic E-state index is 0.243. The first-order chi connectivity index (χ1) is 36.1. The van der Waals surface area contributed by atoms with Crippen molar-refractivity contribution >= 4 is 5.91 Å². The van der Waals surface area contributed by atoms with Crippen LogP contribution in [0.5, 0.6) is 0 Å². The van der Waals surface area contributed by atoms with Gasteiger partial charge in [0.1, 0.15) is 48.8 Å². The highest BCUT2D eigenvalue weighted by Crippen LogP contribution is 2.30. The molecule has 12 atom stereocenters. The molecule has 12 unspecified atom stereocenters. The monoisotopic (exact) mass is 1060 g/mol. The van der Waals surface area contributed by atoms with Crippen LogP contribution in [0.1, 0.15) is 258 Å². The number of hydrogen-bond donors (Lipinski definition) is 9. The zero-order chi connectivity index (χ0) is 53.9. The van der Waals surface area contributed by atoms with Crippen molar-refractivity contribution in [2.75, 3.05) is 19.8 Å². The predicted molar refractivity (Wildman–Crippen MR) is 295 cm³/mol. The smallest absolute Gasteiger partial charge is 0.220 e. The molecule has 2 heterocycles. The van der Waals surface area contributed by atoms with Gasteiger partial charge < -0.3 is 65.1 Å². The van der Waals surface area contributed by atoms with Crippen LogP contribution in [0.4, 0.5) is 0 Å². The highest BCUT2D eigenvalue weighted by Gasteiger charge is 2.51. The molecule has 2 aliphatic rings. The molecule has 0 aromatic rings. The van der Waals surface area contributed by atoms with Gasteiger partial charge in [-0.15, -0.1) is 0 Å². The Morgan fingerprint density at radius 2 is 0.851 bits per heavy atom. The summed E-state index contributed by atoms with van der Waals surface area (Å²) < 4.78 is 22.6. The first-order valence-corrected chi connectivity index (χ1v) is 30.6. The second-order valence-electron chi connectivity index (χ2n) is 21.8. The summed E-state index contributed by atoms with van der Waals surface area (Å²) in [5.74, 6) is -0.243. The van der Waals surface area contributed by atoms with Gasteiger partial charge in [0, 0.05) is 6.42 Å². The molecule has 0 aliphatic carbocycles. The highest BCUT2D eigenvalue weighted by molar-refractivity contribution is 5.76. The molecule has 2 rings (SSSR count). The Morgan fingerprint density at radius 1 is 0.473 bits per heavy atom. The quantitative estimate of drug-likeness (QED) is 0.0204. The van der Waals surface area contributed by atoms with E-state index in [0.717, 1.165) is 44.9 Å². The molecule has 0 aromatic heterocycles. The Kier molecular flexibility index (Phi) is 43.0. The minimum Gasteiger partial charge on any atom is -0.394 e. The van der Waals surface area contributed by atoms with Gasteiger partial charge >= 0.3 is 0 Å². The lowest BCUT2D eigenvalue weighted by molar-refractivity contribution is -0.359. The molecular weight excluding hydrogens is 943 g/mol. The van der Waals surface area contributed by atoms with Crippen LogP contribution < -0.4 is 5.32 Å². The van der Waals surface area contributed by atoms with Crippen LogP contribution in [0, 0.1) is 0 Å². The third-order valence-corrected chi connectivity index (χ3v) is 15.1. The average molecular weight is 1060 g/mol. The number of allylic oxidation sites excluding steroid dienone is 3. The van der Waals surface area contributed by atoms with Crippen molar-refractivity contribution in [2.24, 2.45) is 0 Å². The van der Waals surface area contributed by atoms with Crippen LogP contribution in [-0.2, 0) is 23.7 Å². The first kappa shape index (κ1) is 68.6. The van der Waals surface area contributed by atoms with Gasteiger partial charge in [0.25, 0.3) is 0 Å². The van der Waals surface area contributed by atoms with Gasteiger partial charge in [-0.2, -0.15) is 0 Å². The number of hydrogen-bond acceptors (Lipinski definition) is 13. The Balaban J connectivity index is 1.50. The molecule has 0 bridgehead atoms. The predicted octanol–water partition coefficient (Wildman–Crippen LogP) is 10.4. The molecule has 14 nitrogen and oxygen atoms in total. The van der Waals surface area contributed by atoms with E-state index < -0.39 is 86.8 Å². The van der Waals surface area contributed by atoms with E-state index >= 15 is 0 Å². The molecule has 0 aromatic carbocycles. The Morgan fingerprint density at radius 3 is 1.31 bits per heavy atom. The van der Waals surface area contributed by atoms with E-state index in [4.69, 9.17) is 18.9 Å². The zero-order valence-corrected chi connectivity index (χ0v) is 46.8. The summed E-state index contributed by atoms with van der Waals surface area (Å²) in [5.41, 5.74) is 0. The summed E-state index contributed by atoms with van der Waals surface area (Å²) in [6.45, 7) is 2.68. The Labute approximate surface area is 449 Å². The fourth-order valence-corrected chi connectivity index (χ4v) is 10.2. The Hall–Kier alpha value is -1.53. The lowest BCUT2D eigenvalue weighted by atomic mass is 9.97. The van der Waals surface area contributed by atoms with E-state index in [1.807, 2.05) is 6.08 Å². The maximum Gasteiger partial charge on any atom is 0.220 e. The van der Waals surface area contributed by atoms with Gasteiger partial charge in [-0.05, 0) is 44.9 Å². The van der Waals surface area contributed by atoms with Gasteiger partial charge in [0.15, 0.2) is 12.6 Å². The SMILES string of the molecule is CCCCC/C=C/C(O)C(COC1OC(CO)C(OC2OC(CO)C(O)C(O)C2O)C(O)C1O)NC(=O)CCCCCCCCCCCCCCCCCCCCCCCCC/C=C\CCCCCCCCCC. The first-order valence-electron chi connectivity index (χ1n) is 30.6. The molecule has 436 valence electrons. The molecule has 1 amide bonds. The van der Waals surface area contributed by atoms with Crippen molar-refractivity contribution in [3.05, 3.63) is 24.3 Å². The summed E-state index contributed by atoms with van der Waals surface area (Å²) in [7, 11) is 0. The third kappa shape index (κ3) is 31.8. The van der Waals surface area contributed by atoms with E-state index in [1.54, 1.807) is 6.08 Å². The van der Waals surface area contributed by atoms with Gasteiger partial charge in [-0.25, -0.2) is 0 Å². The van der Waals surface area contributed by atoms with E-state index in [2.05, 4.69) is 31.3 Å². The van der Waals surface area contributed by atoms with Crippen LogP contribution in [0.15, 0.2) is 24.3 Å². The number of carbonyl (C=O) groups excluding carboxylic acids is 1. The number of ether oxygens (including phenoxy) is 4. The number of unbranched alkanes of at least 4 members (excludes halogenated alkanes) is 34. The van der Waals surface area contributed by atoms with Crippen LogP contribution in [0.25, 0.3) is 0 Å².